The van der Waals surface area contributed by atoms with E-state index in [1.54, 1.807) is 0 Å². The Bertz CT molecular complexity index is 155. The first kappa shape index (κ1) is 10.6. The van der Waals surface area contributed by atoms with Gasteiger partial charge in [-0.2, -0.15) is 0 Å². The van der Waals surface area contributed by atoms with Crippen LogP contribution in [0.1, 0.15) is 52.4 Å². The van der Waals surface area contributed by atoms with E-state index in [9.17, 15) is 0 Å². The second-order valence-electron chi connectivity index (χ2n) is 4.68. The van der Waals surface area contributed by atoms with Crippen LogP contribution in [-0.2, 0) is 0 Å². The van der Waals surface area contributed by atoms with E-state index in [0.29, 0.717) is 0 Å². The van der Waals surface area contributed by atoms with Gasteiger partial charge in [-0.1, -0.05) is 39.7 Å². The predicted octanol–water partition coefficient (Wildman–Crippen LogP) is 3.47. The van der Waals surface area contributed by atoms with E-state index >= 15 is 0 Å². The zero-order valence-electron chi connectivity index (χ0n) is 9.10. The monoisotopic (exact) mass is 181 g/mol. The summed E-state index contributed by atoms with van der Waals surface area (Å²) in [4.78, 5) is 0. The largest absolute Gasteiger partial charge is 0.386 e. The minimum absolute atomic E-state index is 0.722. The van der Waals surface area contributed by atoms with Crippen molar-refractivity contribution < 1.29 is 0 Å². The molecule has 0 saturated heterocycles. The molecule has 0 amide bonds. The molecule has 0 spiro atoms. The Balaban J connectivity index is 2.18. The lowest BCUT2D eigenvalue weighted by atomic mass is 9.95. The smallest absolute Gasteiger partial charge is 0.0258 e. The molecule has 1 aliphatic carbocycles. The normalized spacial score (nSPS) is 19.0. The molecule has 0 heterocycles. The lowest BCUT2D eigenvalue weighted by Crippen LogP contribution is -2.30. The Hall–Kier alpha value is -0.460. The van der Waals surface area contributed by atoms with E-state index in [0.717, 1.165) is 18.4 Å². The highest BCUT2D eigenvalue weighted by Gasteiger charge is 2.13. The van der Waals surface area contributed by atoms with Gasteiger partial charge in [-0.3, -0.25) is 0 Å². The van der Waals surface area contributed by atoms with Crippen LogP contribution in [-0.4, -0.2) is 6.04 Å². The second kappa shape index (κ2) is 5.31. The molecular formula is C12H23N. The van der Waals surface area contributed by atoms with Crippen molar-refractivity contribution in [2.75, 3.05) is 0 Å². The fraction of sp³-hybridized carbons (Fsp3) is 0.833. The van der Waals surface area contributed by atoms with Gasteiger partial charge in [-0.15, -0.1) is 0 Å². The van der Waals surface area contributed by atoms with Crippen molar-refractivity contribution in [2.45, 2.75) is 58.4 Å². The lowest BCUT2D eigenvalue weighted by Gasteiger charge is -2.25. The summed E-state index contributed by atoms with van der Waals surface area (Å²) in [5, 5.41) is 3.56. The molecule has 0 aromatic heterocycles. The molecule has 0 radical (unpaired) electrons. The number of hydrogen-bond donors (Lipinski definition) is 1. The van der Waals surface area contributed by atoms with Crippen LogP contribution in [0.2, 0.25) is 0 Å². The van der Waals surface area contributed by atoms with Crippen molar-refractivity contribution >= 4 is 0 Å². The van der Waals surface area contributed by atoms with Crippen molar-refractivity contribution in [3.8, 4) is 0 Å². The highest BCUT2D eigenvalue weighted by Crippen LogP contribution is 2.19. The van der Waals surface area contributed by atoms with E-state index in [-0.39, 0.29) is 0 Å². The van der Waals surface area contributed by atoms with Crippen molar-refractivity contribution in [3.05, 3.63) is 12.3 Å². The van der Waals surface area contributed by atoms with E-state index in [1.165, 1.54) is 37.8 Å². The fourth-order valence-corrected chi connectivity index (χ4v) is 2.09. The minimum Gasteiger partial charge on any atom is -0.386 e. The Kier molecular flexibility index (Phi) is 4.34. The summed E-state index contributed by atoms with van der Waals surface area (Å²) in [5.74, 6) is 0.726. The molecule has 1 aliphatic rings. The van der Waals surface area contributed by atoms with E-state index in [2.05, 4.69) is 25.7 Å². The van der Waals surface area contributed by atoms with Crippen molar-refractivity contribution in [3.63, 3.8) is 0 Å². The summed E-state index contributed by atoms with van der Waals surface area (Å²) < 4.78 is 0. The van der Waals surface area contributed by atoms with Crippen LogP contribution < -0.4 is 5.32 Å². The molecule has 0 aromatic rings. The highest BCUT2D eigenvalue weighted by molar-refractivity contribution is 4.95. The van der Waals surface area contributed by atoms with Gasteiger partial charge in [0.05, 0.1) is 0 Å². The van der Waals surface area contributed by atoms with Crippen LogP contribution in [0.3, 0.4) is 0 Å². The predicted molar refractivity (Wildman–Crippen MR) is 58.6 cm³/mol. The Morgan fingerprint density at radius 2 is 1.92 bits per heavy atom. The Morgan fingerprint density at radius 3 is 2.46 bits per heavy atom. The molecule has 0 aliphatic heterocycles. The van der Waals surface area contributed by atoms with Gasteiger partial charge in [0.25, 0.3) is 0 Å². The number of nitrogens with one attached hydrogen (secondary N) is 1. The summed E-state index contributed by atoms with van der Waals surface area (Å²) in [6, 6.07) is 0.722. The first-order chi connectivity index (χ1) is 6.18. The van der Waals surface area contributed by atoms with Gasteiger partial charge in [0.15, 0.2) is 0 Å². The first-order valence-corrected chi connectivity index (χ1v) is 5.63. The standard InChI is InChI=1S/C12H23N/c1-10(2)9-11(3)13-12-7-5-4-6-8-12/h10,12-13H,3-9H2,1-2H3. The molecule has 1 fully saturated rings. The van der Waals surface area contributed by atoms with Crippen LogP contribution in [0.4, 0.5) is 0 Å². The minimum atomic E-state index is 0.722. The molecule has 1 heteroatoms. The highest BCUT2D eigenvalue weighted by atomic mass is 14.9. The average Bonchev–Trinajstić information content (AvgIpc) is 2.04. The van der Waals surface area contributed by atoms with E-state index in [4.69, 9.17) is 0 Å². The van der Waals surface area contributed by atoms with E-state index in [1.807, 2.05) is 0 Å². The third-order valence-electron chi connectivity index (χ3n) is 2.67. The third-order valence-corrected chi connectivity index (χ3v) is 2.67. The molecule has 0 unspecified atom stereocenters. The zero-order valence-corrected chi connectivity index (χ0v) is 9.10. The SMILES string of the molecule is C=C(CC(C)C)NC1CCCCC1. The van der Waals surface area contributed by atoms with Crippen molar-refractivity contribution in [1.29, 1.82) is 0 Å². The summed E-state index contributed by atoms with van der Waals surface area (Å²) in [6.45, 7) is 8.57. The van der Waals surface area contributed by atoms with Gasteiger partial charge >= 0.3 is 0 Å². The number of allylic oxidation sites excluding steroid dienone is 1. The number of rotatable bonds is 4. The van der Waals surface area contributed by atoms with Gasteiger partial charge in [-0.25, -0.2) is 0 Å². The molecule has 1 rings (SSSR count). The second-order valence-corrected chi connectivity index (χ2v) is 4.68. The maximum Gasteiger partial charge on any atom is 0.0258 e. The Morgan fingerprint density at radius 1 is 1.31 bits per heavy atom. The topological polar surface area (TPSA) is 12.0 Å². The van der Waals surface area contributed by atoms with Crippen LogP contribution in [0.15, 0.2) is 12.3 Å². The summed E-state index contributed by atoms with van der Waals surface area (Å²) in [5.41, 5.74) is 1.24. The van der Waals surface area contributed by atoms with Crippen LogP contribution >= 0.6 is 0 Å². The molecule has 1 N–H and O–H groups in total. The maximum absolute atomic E-state index is 4.08. The first-order valence-electron chi connectivity index (χ1n) is 5.63. The van der Waals surface area contributed by atoms with Gasteiger partial charge in [0, 0.05) is 11.7 Å². The molecule has 1 nitrogen and oxygen atoms in total. The summed E-state index contributed by atoms with van der Waals surface area (Å²) in [6.07, 6.45) is 8.03. The lowest BCUT2D eigenvalue weighted by molar-refractivity contribution is 0.388. The molecule has 0 bridgehead atoms. The Labute approximate surface area is 82.6 Å². The third kappa shape index (κ3) is 4.35. The van der Waals surface area contributed by atoms with Gasteiger partial charge in [-0.05, 0) is 25.2 Å². The van der Waals surface area contributed by atoms with Gasteiger partial charge in [0.1, 0.15) is 0 Å². The molecule has 0 aromatic carbocycles. The quantitative estimate of drug-likeness (QED) is 0.700. The van der Waals surface area contributed by atoms with E-state index < -0.39 is 0 Å². The van der Waals surface area contributed by atoms with Crippen molar-refractivity contribution in [1.82, 2.24) is 5.32 Å². The van der Waals surface area contributed by atoms with Crippen LogP contribution in [0.25, 0.3) is 0 Å². The molecule has 13 heavy (non-hydrogen) atoms. The van der Waals surface area contributed by atoms with Crippen molar-refractivity contribution in [2.24, 2.45) is 5.92 Å². The molecular weight excluding hydrogens is 158 g/mol. The van der Waals surface area contributed by atoms with Crippen LogP contribution in [0.5, 0.6) is 0 Å². The number of hydrogen-bond acceptors (Lipinski definition) is 1. The zero-order chi connectivity index (χ0) is 9.68. The summed E-state index contributed by atoms with van der Waals surface area (Å²) >= 11 is 0. The summed E-state index contributed by atoms with van der Waals surface area (Å²) in [7, 11) is 0. The van der Waals surface area contributed by atoms with Gasteiger partial charge < -0.3 is 5.32 Å². The molecule has 1 saturated carbocycles. The average molecular weight is 181 g/mol. The van der Waals surface area contributed by atoms with Gasteiger partial charge in [0.2, 0.25) is 0 Å². The molecule has 76 valence electrons. The van der Waals surface area contributed by atoms with Crippen LogP contribution in [0, 0.1) is 5.92 Å². The molecule has 0 atom stereocenters. The maximum atomic E-state index is 4.08. The fourth-order valence-electron chi connectivity index (χ4n) is 2.09.